The number of nitrogens with zero attached hydrogens (tertiary/aromatic N) is 3. The second-order valence-electron chi connectivity index (χ2n) is 7.45. The van der Waals surface area contributed by atoms with Gasteiger partial charge in [0.05, 0.1) is 27.4 Å². The summed E-state index contributed by atoms with van der Waals surface area (Å²) in [6.07, 6.45) is 1.25. The molecule has 0 aliphatic carbocycles. The summed E-state index contributed by atoms with van der Waals surface area (Å²) in [5, 5.41) is 3.96. The number of benzene rings is 3. The van der Waals surface area contributed by atoms with Crippen LogP contribution in [-0.2, 0) is 11.3 Å². The molecule has 6 nitrogen and oxygen atoms in total. The number of amides is 1. The number of nitrogens with one attached hydrogen (secondary N) is 1. The van der Waals surface area contributed by atoms with E-state index in [0.717, 1.165) is 20.8 Å². The van der Waals surface area contributed by atoms with Gasteiger partial charge < -0.3 is 5.32 Å². The van der Waals surface area contributed by atoms with Gasteiger partial charge in [-0.2, -0.15) is 0 Å². The predicted octanol–water partition coefficient (Wildman–Crippen LogP) is 4.76. The molecule has 32 heavy (non-hydrogen) atoms. The van der Waals surface area contributed by atoms with E-state index in [1.807, 2.05) is 24.3 Å². The Morgan fingerprint density at radius 3 is 2.69 bits per heavy atom. The van der Waals surface area contributed by atoms with Crippen molar-refractivity contribution in [3.8, 4) is 10.6 Å². The Bertz CT molecular complexity index is 1540. The lowest BCUT2D eigenvalue weighted by molar-refractivity contribution is -0.116. The van der Waals surface area contributed by atoms with E-state index in [2.05, 4.69) is 28.3 Å². The Hall–Kier alpha value is -3.91. The van der Waals surface area contributed by atoms with Gasteiger partial charge in [-0.1, -0.05) is 6.07 Å². The SMILES string of the molecule is Cc1ccc2nc(-c3ccc(NC(=O)Cn4cnc5cc(F)ccc5c4=O)cc3)sc2c1. The van der Waals surface area contributed by atoms with Crippen LogP contribution in [0.2, 0.25) is 0 Å². The minimum atomic E-state index is -0.468. The first-order valence-corrected chi connectivity index (χ1v) is 10.7. The molecule has 1 N–H and O–H groups in total. The average Bonchev–Trinajstić information content (AvgIpc) is 3.19. The maximum absolute atomic E-state index is 13.3. The monoisotopic (exact) mass is 444 g/mol. The first kappa shape index (κ1) is 20.0. The van der Waals surface area contributed by atoms with Crippen LogP contribution in [0.25, 0.3) is 31.7 Å². The van der Waals surface area contributed by atoms with Crippen LogP contribution in [0.4, 0.5) is 10.1 Å². The molecule has 5 rings (SSSR count). The molecule has 0 aliphatic rings. The second-order valence-corrected chi connectivity index (χ2v) is 8.49. The van der Waals surface area contributed by atoms with Gasteiger partial charge in [0.25, 0.3) is 5.56 Å². The Balaban J connectivity index is 1.31. The van der Waals surface area contributed by atoms with Crippen molar-refractivity contribution in [3.05, 3.63) is 88.7 Å². The van der Waals surface area contributed by atoms with Crippen LogP contribution >= 0.6 is 11.3 Å². The van der Waals surface area contributed by atoms with Crippen molar-refractivity contribution in [3.63, 3.8) is 0 Å². The van der Waals surface area contributed by atoms with Gasteiger partial charge in [0.1, 0.15) is 17.4 Å². The number of halogens is 1. The fraction of sp³-hybridized carbons (Fsp3) is 0.0833. The van der Waals surface area contributed by atoms with Crippen LogP contribution < -0.4 is 10.9 Å². The summed E-state index contributed by atoms with van der Waals surface area (Å²) >= 11 is 1.62. The fourth-order valence-electron chi connectivity index (χ4n) is 3.45. The highest BCUT2D eigenvalue weighted by Gasteiger charge is 2.10. The normalized spacial score (nSPS) is 11.2. The van der Waals surface area contributed by atoms with Crippen molar-refractivity contribution < 1.29 is 9.18 Å². The first-order valence-electron chi connectivity index (χ1n) is 9.88. The zero-order chi connectivity index (χ0) is 22.2. The van der Waals surface area contributed by atoms with E-state index in [0.29, 0.717) is 5.69 Å². The molecule has 2 heterocycles. The first-order chi connectivity index (χ1) is 15.5. The van der Waals surface area contributed by atoms with Crippen molar-refractivity contribution in [1.82, 2.24) is 14.5 Å². The fourth-order valence-corrected chi connectivity index (χ4v) is 4.52. The predicted molar refractivity (Wildman–Crippen MR) is 124 cm³/mol. The molecule has 0 atom stereocenters. The van der Waals surface area contributed by atoms with Crippen molar-refractivity contribution in [1.29, 1.82) is 0 Å². The van der Waals surface area contributed by atoms with Gasteiger partial charge in [-0.3, -0.25) is 14.2 Å². The standard InChI is InChI=1S/C24H17FN4O2S/c1-14-2-9-19-21(10-14)32-23(28-19)15-3-6-17(7-4-15)27-22(30)12-29-13-26-20-11-16(25)5-8-18(20)24(29)31/h2-11,13H,12H2,1H3,(H,27,30). The lowest BCUT2D eigenvalue weighted by Gasteiger charge is -2.08. The number of carbonyl (C=O) groups excluding carboxylic acids is 1. The molecule has 0 spiro atoms. The van der Waals surface area contributed by atoms with Gasteiger partial charge in [-0.15, -0.1) is 11.3 Å². The third-order valence-electron chi connectivity index (χ3n) is 5.06. The van der Waals surface area contributed by atoms with Crippen LogP contribution in [0, 0.1) is 12.7 Å². The number of carbonyl (C=O) groups is 1. The topological polar surface area (TPSA) is 76.9 Å². The van der Waals surface area contributed by atoms with Gasteiger partial charge >= 0.3 is 0 Å². The Labute approximate surface area is 186 Å². The molecule has 3 aromatic carbocycles. The summed E-state index contributed by atoms with van der Waals surface area (Å²) in [6.45, 7) is 1.86. The van der Waals surface area contributed by atoms with Crippen LogP contribution in [0.5, 0.6) is 0 Å². The molecule has 0 radical (unpaired) electrons. The number of aromatic nitrogens is 3. The summed E-state index contributed by atoms with van der Waals surface area (Å²) < 4.78 is 15.6. The van der Waals surface area contributed by atoms with E-state index in [1.165, 1.54) is 34.7 Å². The maximum atomic E-state index is 13.3. The highest BCUT2D eigenvalue weighted by Crippen LogP contribution is 2.31. The average molecular weight is 444 g/mol. The molecule has 0 unspecified atom stereocenters. The molecule has 8 heteroatoms. The molecule has 5 aromatic rings. The van der Waals surface area contributed by atoms with Crippen LogP contribution in [0.3, 0.4) is 0 Å². The zero-order valence-corrected chi connectivity index (χ0v) is 17.8. The van der Waals surface area contributed by atoms with Crippen molar-refractivity contribution >= 4 is 44.1 Å². The molecule has 0 saturated carbocycles. The van der Waals surface area contributed by atoms with E-state index in [9.17, 15) is 14.0 Å². The van der Waals surface area contributed by atoms with E-state index >= 15 is 0 Å². The summed E-state index contributed by atoms with van der Waals surface area (Å²) in [4.78, 5) is 33.7. The minimum Gasteiger partial charge on any atom is -0.325 e. The van der Waals surface area contributed by atoms with E-state index in [-0.39, 0.29) is 23.4 Å². The molecule has 158 valence electrons. The third-order valence-corrected chi connectivity index (χ3v) is 6.13. The number of thiazole rings is 1. The number of hydrogen-bond acceptors (Lipinski definition) is 5. The lowest BCUT2D eigenvalue weighted by Crippen LogP contribution is -2.27. The molecule has 0 bridgehead atoms. The number of aryl methyl sites for hydroxylation is 1. The third kappa shape index (κ3) is 3.88. The molecule has 1 amide bonds. The van der Waals surface area contributed by atoms with Crippen LogP contribution in [-0.4, -0.2) is 20.4 Å². The second kappa shape index (κ2) is 7.97. The molecular formula is C24H17FN4O2S. The van der Waals surface area contributed by atoms with Crippen molar-refractivity contribution in [2.45, 2.75) is 13.5 Å². The van der Waals surface area contributed by atoms with Crippen LogP contribution in [0.1, 0.15) is 5.56 Å². The Morgan fingerprint density at radius 1 is 1.06 bits per heavy atom. The summed E-state index contributed by atoms with van der Waals surface area (Å²) in [5.74, 6) is -0.831. The lowest BCUT2D eigenvalue weighted by atomic mass is 10.2. The number of hydrogen-bond donors (Lipinski definition) is 1. The molecule has 2 aromatic heterocycles. The smallest absolute Gasteiger partial charge is 0.261 e. The molecule has 0 aliphatic heterocycles. The van der Waals surface area contributed by atoms with Gasteiger partial charge in [0.2, 0.25) is 5.91 Å². The van der Waals surface area contributed by atoms with E-state index < -0.39 is 11.4 Å². The Kier molecular flexibility index (Phi) is 4.99. The van der Waals surface area contributed by atoms with Gasteiger partial charge in [0, 0.05) is 17.3 Å². The minimum absolute atomic E-state index is 0.196. The largest absolute Gasteiger partial charge is 0.325 e. The number of anilines is 1. The molecule has 0 fully saturated rings. The summed E-state index contributed by atoms with van der Waals surface area (Å²) in [5.41, 5.74) is 3.59. The molecular weight excluding hydrogens is 427 g/mol. The van der Waals surface area contributed by atoms with Gasteiger partial charge in [-0.25, -0.2) is 14.4 Å². The maximum Gasteiger partial charge on any atom is 0.261 e. The van der Waals surface area contributed by atoms with Crippen molar-refractivity contribution in [2.75, 3.05) is 5.32 Å². The summed E-state index contributed by atoms with van der Waals surface area (Å²) in [7, 11) is 0. The highest BCUT2D eigenvalue weighted by molar-refractivity contribution is 7.21. The molecule has 0 saturated heterocycles. The highest BCUT2D eigenvalue weighted by atomic mass is 32.1. The van der Waals surface area contributed by atoms with Crippen LogP contribution in [0.15, 0.2) is 71.8 Å². The Morgan fingerprint density at radius 2 is 1.88 bits per heavy atom. The van der Waals surface area contributed by atoms with Crippen molar-refractivity contribution in [2.24, 2.45) is 0 Å². The van der Waals surface area contributed by atoms with E-state index in [4.69, 9.17) is 0 Å². The number of rotatable bonds is 4. The summed E-state index contributed by atoms with van der Waals surface area (Å²) in [6, 6.07) is 17.3. The van der Waals surface area contributed by atoms with Gasteiger partial charge in [0.15, 0.2) is 0 Å². The zero-order valence-electron chi connectivity index (χ0n) is 17.0. The number of fused-ring (bicyclic) bond motifs is 2. The van der Waals surface area contributed by atoms with Gasteiger partial charge in [-0.05, 0) is 61.0 Å². The quantitative estimate of drug-likeness (QED) is 0.434. The van der Waals surface area contributed by atoms with E-state index in [1.54, 1.807) is 23.5 Å².